The van der Waals surface area contributed by atoms with Crippen LogP contribution in [0.1, 0.15) is 42.4 Å². The predicted molar refractivity (Wildman–Crippen MR) is 109 cm³/mol. The molecule has 0 spiro atoms. The quantitative estimate of drug-likeness (QED) is 0.574. The molecule has 1 aromatic heterocycles. The van der Waals surface area contributed by atoms with Crippen molar-refractivity contribution in [1.82, 2.24) is 4.72 Å². The highest BCUT2D eigenvalue weighted by atomic mass is 32.2. The van der Waals surface area contributed by atoms with Gasteiger partial charge in [0, 0.05) is 17.5 Å². The molecule has 31 heavy (non-hydrogen) atoms. The molecule has 0 bridgehead atoms. The molecule has 0 atom stereocenters. The lowest BCUT2D eigenvalue weighted by molar-refractivity contribution is -0.136. The van der Waals surface area contributed by atoms with Crippen LogP contribution in [0.4, 0.5) is 13.2 Å². The van der Waals surface area contributed by atoms with Crippen LogP contribution < -0.4 is 10.3 Å². The Morgan fingerprint density at radius 3 is 2.26 bits per heavy atom. The molecule has 1 N–H and O–H groups in total. The van der Waals surface area contributed by atoms with Gasteiger partial charge in [-0.15, -0.1) is 0 Å². The molecule has 164 valence electrons. The second-order valence-electron chi connectivity index (χ2n) is 7.73. The average molecular weight is 451 g/mol. The van der Waals surface area contributed by atoms with Crippen molar-refractivity contribution >= 4 is 21.0 Å². The Kier molecular flexibility index (Phi) is 5.65. The van der Waals surface area contributed by atoms with Crippen molar-refractivity contribution in [3.8, 4) is 0 Å². The van der Waals surface area contributed by atoms with E-state index in [2.05, 4.69) is 4.72 Å². The maximum atomic E-state index is 13.3. The first-order chi connectivity index (χ1) is 14.6. The van der Waals surface area contributed by atoms with E-state index in [1.54, 1.807) is 18.2 Å². The van der Waals surface area contributed by atoms with E-state index in [1.165, 1.54) is 24.3 Å². The van der Waals surface area contributed by atoms with Crippen LogP contribution in [0.5, 0.6) is 0 Å². The second-order valence-corrected chi connectivity index (χ2v) is 9.44. The molecule has 4 rings (SSSR count). The third kappa shape index (κ3) is 4.83. The van der Waals surface area contributed by atoms with Gasteiger partial charge in [0.25, 0.3) is 0 Å². The first kappa shape index (κ1) is 21.6. The van der Waals surface area contributed by atoms with Gasteiger partial charge in [0.05, 0.1) is 10.5 Å². The summed E-state index contributed by atoms with van der Waals surface area (Å²) in [6.45, 7) is 0. The summed E-state index contributed by atoms with van der Waals surface area (Å²) in [5.74, 6) is 0. The van der Waals surface area contributed by atoms with Crippen LogP contribution >= 0.6 is 0 Å². The summed E-state index contributed by atoms with van der Waals surface area (Å²) in [5, 5.41) is -0.190. The highest BCUT2D eigenvalue weighted by Crippen LogP contribution is 2.34. The summed E-state index contributed by atoms with van der Waals surface area (Å²) in [7, 11) is -3.61. The second kappa shape index (κ2) is 8.12. The Labute approximate surface area is 176 Å². The van der Waals surface area contributed by atoms with Crippen molar-refractivity contribution in [2.75, 3.05) is 0 Å². The van der Waals surface area contributed by atoms with E-state index < -0.39 is 27.4 Å². The number of nitrogens with one attached hydrogen (secondary N) is 1. The molecule has 1 aliphatic rings. The molecule has 0 radical (unpaired) electrons. The Morgan fingerprint density at radius 2 is 1.61 bits per heavy atom. The van der Waals surface area contributed by atoms with Crippen molar-refractivity contribution < 1.29 is 26.0 Å². The summed E-state index contributed by atoms with van der Waals surface area (Å²) in [6, 6.07) is 10.9. The maximum Gasteiger partial charge on any atom is 0.417 e. The van der Waals surface area contributed by atoms with Crippen LogP contribution in [0.15, 0.2) is 62.6 Å². The number of hydrogen-bond donors (Lipinski definition) is 1. The number of benzene rings is 2. The monoisotopic (exact) mass is 451 g/mol. The smallest absolute Gasteiger partial charge is 0.417 e. The standard InChI is InChI=1S/C22H20F3NO4S/c23-22(24,25)19-13-21(27)30-20-10-7-15(12-18(19)20)11-14-5-8-17(9-6-14)31(28,29)26-16-3-1-2-4-16/h5-10,12-13,16,26H,1-4,11H2. The van der Waals surface area contributed by atoms with Gasteiger partial charge in [-0.2, -0.15) is 13.2 Å². The summed E-state index contributed by atoms with van der Waals surface area (Å²) < 4.78 is 72.6. The minimum atomic E-state index is -4.69. The van der Waals surface area contributed by atoms with Gasteiger partial charge in [-0.3, -0.25) is 0 Å². The van der Waals surface area contributed by atoms with Crippen molar-refractivity contribution in [2.45, 2.75) is 49.2 Å². The fourth-order valence-corrected chi connectivity index (χ4v) is 5.21. The molecular formula is C22H20F3NO4S. The maximum absolute atomic E-state index is 13.3. The molecule has 3 aromatic rings. The molecular weight excluding hydrogens is 431 g/mol. The molecule has 0 aliphatic heterocycles. The van der Waals surface area contributed by atoms with Gasteiger partial charge in [0.1, 0.15) is 5.58 Å². The van der Waals surface area contributed by atoms with Crippen LogP contribution in [0, 0.1) is 0 Å². The molecule has 1 aliphatic carbocycles. The van der Waals surface area contributed by atoms with E-state index in [0.29, 0.717) is 18.1 Å². The zero-order valence-electron chi connectivity index (χ0n) is 16.4. The molecule has 2 aromatic carbocycles. The zero-order chi connectivity index (χ0) is 22.2. The topological polar surface area (TPSA) is 76.4 Å². The fraction of sp³-hybridized carbons (Fsp3) is 0.318. The van der Waals surface area contributed by atoms with Crippen LogP contribution in [-0.4, -0.2) is 14.5 Å². The summed E-state index contributed by atoms with van der Waals surface area (Å²) in [6.07, 6.45) is -0.703. The van der Waals surface area contributed by atoms with E-state index in [-0.39, 0.29) is 21.9 Å². The Hall–Kier alpha value is -2.65. The third-order valence-electron chi connectivity index (χ3n) is 5.43. The third-order valence-corrected chi connectivity index (χ3v) is 6.97. The number of sulfonamides is 1. The van der Waals surface area contributed by atoms with Gasteiger partial charge in [0.2, 0.25) is 10.0 Å². The Bertz CT molecular complexity index is 1260. The molecule has 1 fully saturated rings. The van der Waals surface area contributed by atoms with Crippen LogP contribution in [0.3, 0.4) is 0 Å². The van der Waals surface area contributed by atoms with E-state index in [0.717, 1.165) is 31.2 Å². The number of alkyl halides is 3. The Morgan fingerprint density at radius 1 is 0.968 bits per heavy atom. The van der Waals surface area contributed by atoms with Crippen molar-refractivity contribution in [1.29, 1.82) is 0 Å². The van der Waals surface area contributed by atoms with Gasteiger partial charge < -0.3 is 4.42 Å². The van der Waals surface area contributed by atoms with Crippen LogP contribution in [-0.2, 0) is 22.6 Å². The van der Waals surface area contributed by atoms with Crippen LogP contribution in [0.2, 0.25) is 0 Å². The van der Waals surface area contributed by atoms with E-state index in [4.69, 9.17) is 4.42 Å². The SMILES string of the molecule is O=c1cc(C(F)(F)F)c2cc(Cc3ccc(S(=O)(=O)NC4CCCC4)cc3)ccc2o1. The number of fused-ring (bicyclic) bond motifs is 1. The number of halogens is 3. The van der Waals surface area contributed by atoms with E-state index in [9.17, 15) is 26.4 Å². The minimum Gasteiger partial charge on any atom is -0.423 e. The highest BCUT2D eigenvalue weighted by Gasteiger charge is 2.34. The molecule has 0 amide bonds. The number of rotatable bonds is 5. The van der Waals surface area contributed by atoms with E-state index in [1.807, 2.05) is 0 Å². The van der Waals surface area contributed by atoms with Gasteiger partial charge in [0.15, 0.2) is 0 Å². The lowest BCUT2D eigenvalue weighted by Gasteiger charge is -2.13. The Balaban J connectivity index is 1.58. The van der Waals surface area contributed by atoms with Crippen LogP contribution in [0.25, 0.3) is 11.0 Å². The first-order valence-electron chi connectivity index (χ1n) is 9.87. The largest absolute Gasteiger partial charge is 0.423 e. The van der Waals surface area contributed by atoms with Gasteiger partial charge in [-0.05, 0) is 54.7 Å². The molecule has 9 heteroatoms. The van der Waals surface area contributed by atoms with Gasteiger partial charge in [-0.1, -0.05) is 31.0 Å². The van der Waals surface area contributed by atoms with Gasteiger partial charge in [-0.25, -0.2) is 17.9 Å². The van der Waals surface area contributed by atoms with Crippen molar-refractivity contribution in [3.63, 3.8) is 0 Å². The average Bonchev–Trinajstić information content (AvgIpc) is 3.19. The van der Waals surface area contributed by atoms with E-state index >= 15 is 0 Å². The first-order valence-corrected chi connectivity index (χ1v) is 11.4. The van der Waals surface area contributed by atoms with Gasteiger partial charge >= 0.3 is 11.8 Å². The minimum absolute atomic E-state index is 0.0369. The molecule has 5 nitrogen and oxygen atoms in total. The summed E-state index contributed by atoms with van der Waals surface area (Å²) >= 11 is 0. The van der Waals surface area contributed by atoms with Crippen molar-refractivity contribution in [3.05, 3.63) is 75.6 Å². The molecule has 1 saturated carbocycles. The highest BCUT2D eigenvalue weighted by molar-refractivity contribution is 7.89. The summed E-state index contributed by atoms with van der Waals surface area (Å²) in [4.78, 5) is 11.6. The zero-order valence-corrected chi connectivity index (χ0v) is 17.2. The molecule has 0 saturated heterocycles. The predicted octanol–water partition coefficient (Wildman–Crippen LogP) is 4.62. The fourth-order valence-electron chi connectivity index (χ4n) is 3.91. The lowest BCUT2D eigenvalue weighted by Crippen LogP contribution is -2.32. The lowest BCUT2D eigenvalue weighted by atomic mass is 10.0. The normalized spacial score (nSPS) is 15.6. The summed E-state index contributed by atoms with van der Waals surface area (Å²) in [5.41, 5.74) is -0.921. The number of hydrogen-bond acceptors (Lipinski definition) is 4. The molecule has 1 heterocycles. The molecule has 0 unspecified atom stereocenters. The van der Waals surface area contributed by atoms with Crippen molar-refractivity contribution in [2.24, 2.45) is 0 Å².